The van der Waals surface area contributed by atoms with Gasteiger partial charge in [-0.15, -0.1) is 0 Å². The molecule has 0 aromatic rings. The highest BCUT2D eigenvalue weighted by Gasteiger charge is 2.20. The summed E-state index contributed by atoms with van der Waals surface area (Å²) in [4.78, 5) is 11.5. The van der Waals surface area contributed by atoms with E-state index < -0.39 is 0 Å². The summed E-state index contributed by atoms with van der Waals surface area (Å²) in [6.07, 6.45) is 10.4. The van der Waals surface area contributed by atoms with Crippen molar-refractivity contribution in [2.45, 2.75) is 70.0 Å². The predicted octanol–water partition coefficient (Wildman–Crippen LogP) is 2.82. The topological polar surface area (TPSA) is 35.5 Å². The molecule has 0 radical (unpaired) electrons. The van der Waals surface area contributed by atoms with E-state index in [-0.39, 0.29) is 12.1 Å². The molecule has 0 spiro atoms. The lowest BCUT2D eigenvalue weighted by molar-refractivity contribution is -0.150. The van der Waals surface area contributed by atoms with E-state index in [0.29, 0.717) is 19.1 Å². The first-order valence-corrected chi connectivity index (χ1v) is 6.65. The summed E-state index contributed by atoms with van der Waals surface area (Å²) in [5.74, 6) is -0.0788. The number of carbonyl (C=O) groups is 1. The molecule has 3 heteroatoms. The van der Waals surface area contributed by atoms with Gasteiger partial charge in [-0.3, -0.25) is 4.79 Å². The van der Waals surface area contributed by atoms with Gasteiger partial charge in [0.1, 0.15) is 6.10 Å². The van der Waals surface area contributed by atoms with Crippen LogP contribution in [0.5, 0.6) is 0 Å². The van der Waals surface area contributed by atoms with Crippen molar-refractivity contribution in [3.63, 3.8) is 0 Å². The van der Waals surface area contributed by atoms with Crippen molar-refractivity contribution < 1.29 is 14.3 Å². The molecular weight excluding hydrogens is 204 g/mol. The average Bonchev–Trinajstić information content (AvgIpc) is 2.90. The number of hydrogen-bond acceptors (Lipinski definition) is 3. The Balaban J connectivity index is 1.52. The average molecular weight is 226 g/mol. The molecule has 0 atom stereocenters. The fourth-order valence-electron chi connectivity index (χ4n) is 2.61. The minimum Gasteiger partial charge on any atom is -0.462 e. The molecule has 0 heterocycles. The van der Waals surface area contributed by atoms with E-state index in [2.05, 4.69) is 0 Å². The van der Waals surface area contributed by atoms with E-state index in [0.717, 1.165) is 25.7 Å². The van der Waals surface area contributed by atoms with Crippen molar-refractivity contribution in [3.05, 3.63) is 0 Å². The molecule has 0 saturated heterocycles. The Hall–Kier alpha value is -0.570. The molecule has 2 saturated carbocycles. The zero-order valence-corrected chi connectivity index (χ0v) is 9.95. The second kappa shape index (κ2) is 6.24. The Morgan fingerprint density at radius 2 is 1.50 bits per heavy atom. The van der Waals surface area contributed by atoms with Gasteiger partial charge in [0.05, 0.1) is 19.1 Å². The van der Waals surface area contributed by atoms with E-state index in [1.165, 1.54) is 25.7 Å². The van der Waals surface area contributed by atoms with E-state index in [1.807, 2.05) is 0 Å². The third-order valence-electron chi connectivity index (χ3n) is 3.56. The normalized spacial score (nSPS) is 22.8. The van der Waals surface area contributed by atoms with Crippen molar-refractivity contribution in [2.24, 2.45) is 0 Å². The van der Waals surface area contributed by atoms with E-state index in [1.54, 1.807) is 0 Å². The van der Waals surface area contributed by atoms with Crippen LogP contribution in [0.25, 0.3) is 0 Å². The smallest absolute Gasteiger partial charge is 0.308 e. The Morgan fingerprint density at radius 3 is 2.12 bits per heavy atom. The molecule has 0 bridgehead atoms. The van der Waals surface area contributed by atoms with Crippen LogP contribution in [0.3, 0.4) is 0 Å². The maximum Gasteiger partial charge on any atom is 0.308 e. The van der Waals surface area contributed by atoms with Crippen LogP contribution in [0.4, 0.5) is 0 Å². The third-order valence-corrected chi connectivity index (χ3v) is 3.56. The fourth-order valence-corrected chi connectivity index (χ4v) is 2.61. The van der Waals surface area contributed by atoms with Gasteiger partial charge in [0.25, 0.3) is 0 Å². The van der Waals surface area contributed by atoms with Gasteiger partial charge >= 0.3 is 5.97 Å². The predicted molar refractivity (Wildman–Crippen MR) is 61.2 cm³/mol. The SMILES string of the molecule is O=C(CCOC1CCCC1)OC1CCCC1. The highest BCUT2D eigenvalue weighted by atomic mass is 16.5. The van der Waals surface area contributed by atoms with Crippen LogP contribution >= 0.6 is 0 Å². The van der Waals surface area contributed by atoms with Crippen molar-refractivity contribution in [2.75, 3.05) is 6.61 Å². The molecule has 2 rings (SSSR count). The van der Waals surface area contributed by atoms with Gasteiger partial charge in [0.15, 0.2) is 0 Å². The van der Waals surface area contributed by atoms with Crippen molar-refractivity contribution in [1.82, 2.24) is 0 Å². The number of rotatable bonds is 5. The first-order valence-electron chi connectivity index (χ1n) is 6.65. The van der Waals surface area contributed by atoms with Gasteiger partial charge in [0.2, 0.25) is 0 Å². The molecule has 2 aliphatic carbocycles. The van der Waals surface area contributed by atoms with Crippen molar-refractivity contribution in [3.8, 4) is 0 Å². The summed E-state index contributed by atoms with van der Waals surface area (Å²) in [7, 11) is 0. The molecular formula is C13H22O3. The molecule has 0 unspecified atom stereocenters. The minimum atomic E-state index is -0.0788. The van der Waals surface area contributed by atoms with Gasteiger partial charge in [-0.2, -0.15) is 0 Å². The van der Waals surface area contributed by atoms with Crippen LogP contribution in [0.2, 0.25) is 0 Å². The lowest BCUT2D eigenvalue weighted by Gasteiger charge is -2.13. The first-order chi connectivity index (χ1) is 7.84. The quantitative estimate of drug-likeness (QED) is 0.676. The highest BCUT2D eigenvalue weighted by Crippen LogP contribution is 2.22. The second-order valence-electron chi connectivity index (χ2n) is 4.92. The van der Waals surface area contributed by atoms with Gasteiger partial charge in [-0.25, -0.2) is 0 Å². The summed E-state index contributed by atoms with van der Waals surface area (Å²) < 4.78 is 11.0. The maximum atomic E-state index is 11.5. The molecule has 3 nitrogen and oxygen atoms in total. The minimum absolute atomic E-state index is 0.0788. The molecule has 0 aromatic carbocycles. The largest absolute Gasteiger partial charge is 0.462 e. The second-order valence-corrected chi connectivity index (χ2v) is 4.92. The lowest BCUT2D eigenvalue weighted by atomic mass is 10.3. The third kappa shape index (κ3) is 3.78. The summed E-state index contributed by atoms with van der Waals surface area (Å²) >= 11 is 0. The number of ether oxygens (including phenoxy) is 2. The molecule has 2 aliphatic rings. The zero-order chi connectivity index (χ0) is 11.2. The highest BCUT2D eigenvalue weighted by molar-refractivity contribution is 5.69. The monoisotopic (exact) mass is 226 g/mol. The van der Waals surface area contributed by atoms with Crippen molar-refractivity contribution >= 4 is 5.97 Å². The Labute approximate surface area is 97.5 Å². The summed E-state index contributed by atoms with van der Waals surface area (Å²) in [5, 5.41) is 0. The zero-order valence-electron chi connectivity index (χ0n) is 9.95. The fraction of sp³-hybridized carbons (Fsp3) is 0.923. The van der Waals surface area contributed by atoms with Crippen LogP contribution < -0.4 is 0 Å². The first kappa shape index (κ1) is 11.9. The molecule has 16 heavy (non-hydrogen) atoms. The van der Waals surface area contributed by atoms with Crippen molar-refractivity contribution in [1.29, 1.82) is 0 Å². The standard InChI is InChI=1S/C13H22O3/c14-13(16-12-7-3-4-8-12)9-10-15-11-5-1-2-6-11/h11-12H,1-10H2. The van der Waals surface area contributed by atoms with Crippen LogP contribution in [-0.4, -0.2) is 24.8 Å². The maximum absolute atomic E-state index is 11.5. The molecule has 2 fully saturated rings. The van der Waals surface area contributed by atoms with Gasteiger partial charge in [0, 0.05) is 0 Å². The Bertz CT molecular complexity index is 215. The number of carbonyl (C=O) groups excluding carboxylic acids is 1. The molecule has 0 amide bonds. The van der Waals surface area contributed by atoms with Gasteiger partial charge < -0.3 is 9.47 Å². The molecule has 0 aromatic heterocycles. The number of esters is 1. The Kier molecular flexibility index (Phi) is 4.64. The molecule has 0 N–H and O–H groups in total. The summed E-state index contributed by atoms with van der Waals surface area (Å²) in [6, 6.07) is 0. The van der Waals surface area contributed by atoms with Crippen LogP contribution in [0.1, 0.15) is 57.8 Å². The van der Waals surface area contributed by atoms with E-state index >= 15 is 0 Å². The molecule has 92 valence electrons. The van der Waals surface area contributed by atoms with Gasteiger partial charge in [-0.05, 0) is 38.5 Å². The number of hydrogen-bond donors (Lipinski definition) is 0. The van der Waals surface area contributed by atoms with Crippen LogP contribution in [0, 0.1) is 0 Å². The molecule has 0 aliphatic heterocycles. The summed E-state index contributed by atoms with van der Waals surface area (Å²) in [5.41, 5.74) is 0. The van der Waals surface area contributed by atoms with Crippen LogP contribution in [-0.2, 0) is 14.3 Å². The van der Waals surface area contributed by atoms with E-state index in [4.69, 9.17) is 9.47 Å². The van der Waals surface area contributed by atoms with Gasteiger partial charge in [-0.1, -0.05) is 12.8 Å². The Morgan fingerprint density at radius 1 is 0.938 bits per heavy atom. The van der Waals surface area contributed by atoms with Crippen LogP contribution in [0.15, 0.2) is 0 Å². The van der Waals surface area contributed by atoms with E-state index in [9.17, 15) is 4.79 Å². The summed E-state index contributed by atoms with van der Waals surface area (Å²) in [6.45, 7) is 0.538. The lowest BCUT2D eigenvalue weighted by Crippen LogP contribution is -2.17.